The first-order valence-corrected chi connectivity index (χ1v) is 9.36. The van der Waals surface area contributed by atoms with Crippen LogP contribution in [0.2, 0.25) is 0 Å². The number of hydrogen-bond acceptors (Lipinski definition) is 6. The molecule has 0 saturated carbocycles. The van der Waals surface area contributed by atoms with E-state index in [2.05, 4.69) is 0 Å². The highest BCUT2D eigenvalue weighted by Crippen LogP contribution is 2.34. The van der Waals surface area contributed by atoms with Gasteiger partial charge in [-0.05, 0) is 43.3 Å². The minimum absolute atomic E-state index is 0.0617. The third-order valence-electron chi connectivity index (χ3n) is 4.26. The highest BCUT2D eigenvalue weighted by molar-refractivity contribution is 7.21. The molecule has 0 radical (unpaired) electrons. The molecule has 2 aromatic carbocycles. The molecule has 1 atom stereocenters. The maximum atomic E-state index is 14.3. The van der Waals surface area contributed by atoms with Gasteiger partial charge in [0, 0.05) is 28.3 Å². The molecule has 1 heterocycles. The van der Waals surface area contributed by atoms with Gasteiger partial charge in [0.05, 0.1) is 13.7 Å². The van der Waals surface area contributed by atoms with Gasteiger partial charge in [0.15, 0.2) is 6.10 Å². The Morgan fingerprint density at radius 1 is 1.11 bits per heavy atom. The first kappa shape index (κ1) is 20.0. The third kappa shape index (κ3) is 3.90. The molecule has 0 aliphatic rings. The summed E-state index contributed by atoms with van der Waals surface area (Å²) in [6, 6.07) is 11.2. The van der Waals surface area contributed by atoms with Crippen LogP contribution >= 0.6 is 11.3 Å². The summed E-state index contributed by atoms with van der Waals surface area (Å²) < 4.78 is 30.5. The van der Waals surface area contributed by atoms with Crippen LogP contribution in [-0.2, 0) is 16.1 Å². The molecule has 7 heteroatoms. The summed E-state index contributed by atoms with van der Waals surface area (Å²) >= 11 is 1.12. The van der Waals surface area contributed by atoms with Crippen molar-refractivity contribution in [2.24, 2.45) is 0 Å². The van der Waals surface area contributed by atoms with Crippen LogP contribution in [0.15, 0.2) is 42.5 Å². The molecule has 0 saturated heterocycles. The van der Waals surface area contributed by atoms with Crippen molar-refractivity contribution in [2.45, 2.75) is 19.6 Å². The average Bonchev–Trinajstić information content (AvgIpc) is 3.07. The number of hydrogen-bond donors (Lipinski definition) is 0. The standard InChI is InChI=1S/C21H19FO5S/c1-12(19(23)13-7-9-14(26-3)10-8-13)27-21(24)20-15(11-25-2)18-16(22)5-4-6-17(18)28-20/h4-10,12H,11H2,1-3H3/t12-/m1/s1. The number of carbonyl (C=O) groups is 2. The summed E-state index contributed by atoms with van der Waals surface area (Å²) in [4.78, 5) is 25.5. The Morgan fingerprint density at radius 3 is 2.46 bits per heavy atom. The number of halogens is 1. The van der Waals surface area contributed by atoms with Crippen LogP contribution in [0.4, 0.5) is 4.39 Å². The minimum Gasteiger partial charge on any atom is -0.497 e. The van der Waals surface area contributed by atoms with Gasteiger partial charge in [-0.15, -0.1) is 11.3 Å². The quantitative estimate of drug-likeness (QED) is 0.426. The van der Waals surface area contributed by atoms with Gasteiger partial charge in [0.1, 0.15) is 16.4 Å². The molecule has 146 valence electrons. The molecular weight excluding hydrogens is 383 g/mol. The Morgan fingerprint density at radius 2 is 1.82 bits per heavy atom. The smallest absolute Gasteiger partial charge is 0.349 e. The van der Waals surface area contributed by atoms with E-state index in [4.69, 9.17) is 14.2 Å². The molecular formula is C21H19FO5S. The molecule has 0 aliphatic carbocycles. The van der Waals surface area contributed by atoms with Crippen molar-refractivity contribution < 1.29 is 28.2 Å². The maximum absolute atomic E-state index is 14.3. The number of ether oxygens (including phenoxy) is 3. The van der Waals surface area contributed by atoms with Crippen LogP contribution in [0.25, 0.3) is 10.1 Å². The zero-order valence-electron chi connectivity index (χ0n) is 15.7. The van der Waals surface area contributed by atoms with Crippen LogP contribution < -0.4 is 4.74 Å². The first-order valence-electron chi connectivity index (χ1n) is 8.54. The number of Topliss-reactive ketones (excluding diaryl/α,β-unsaturated/α-hetero) is 1. The maximum Gasteiger partial charge on any atom is 0.349 e. The summed E-state index contributed by atoms with van der Waals surface area (Å²) in [5, 5.41) is 0.343. The van der Waals surface area contributed by atoms with Crippen LogP contribution in [-0.4, -0.2) is 32.1 Å². The number of rotatable bonds is 7. The summed E-state index contributed by atoms with van der Waals surface area (Å²) in [6.45, 7) is 1.57. The predicted molar refractivity (Wildman–Crippen MR) is 105 cm³/mol. The molecule has 0 aliphatic heterocycles. The molecule has 28 heavy (non-hydrogen) atoms. The van der Waals surface area contributed by atoms with Crippen molar-refractivity contribution in [1.29, 1.82) is 0 Å². The van der Waals surface area contributed by atoms with Gasteiger partial charge in [-0.1, -0.05) is 6.07 Å². The van der Waals surface area contributed by atoms with Crippen LogP contribution in [0.1, 0.15) is 32.5 Å². The number of carbonyl (C=O) groups excluding carboxylic acids is 2. The van der Waals surface area contributed by atoms with Crippen molar-refractivity contribution in [3.63, 3.8) is 0 Å². The molecule has 3 aromatic rings. The van der Waals surface area contributed by atoms with Gasteiger partial charge in [0.2, 0.25) is 5.78 Å². The van der Waals surface area contributed by atoms with Crippen molar-refractivity contribution in [3.8, 4) is 5.75 Å². The zero-order chi connectivity index (χ0) is 20.3. The fourth-order valence-corrected chi connectivity index (χ4v) is 3.98. The van der Waals surface area contributed by atoms with E-state index in [-0.39, 0.29) is 17.3 Å². The lowest BCUT2D eigenvalue weighted by molar-refractivity contribution is 0.0320. The second-order valence-electron chi connectivity index (χ2n) is 6.10. The highest BCUT2D eigenvalue weighted by atomic mass is 32.1. The average molecular weight is 402 g/mol. The number of fused-ring (bicyclic) bond motifs is 1. The summed E-state index contributed by atoms with van der Waals surface area (Å²) in [6.07, 6.45) is -0.994. The number of benzene rings is 2. The van der Waals surface area contributed by atoms with E-state index in [1.807, 2.05) is 0 Å². The molecule has 5 nitrogen and oxygen atoms in total. The van der Waals surface area contributed by atoms with Crippen molar-refractivity contribution in [2.75, 3.05) is 14.2 Å². The monoisotopic (exact) mass is 402 g/mol. The van der Waals surface area contributed by atoms with E-state index < -0.39 is 17.9 Å². The Hall–Kier alpha value is -2.77. The van der Waals surface area contributed by atoms with E-state index in [1.54, 1.807) is 36.4 Å². The predicted octanol–water partition coefficient (Wildman–Crippen LogP) is 4.62. The second kappa shape index (κ2) is 8.50. The highest BCUT2D eigenvalue weighted by Gasteiger charge is 2.26. The van der Waals surface area contributed by atoms with Gasteiger partial charge in [-0.25, -0.2) is 9.18 Å². The van der Waals surface area contributed by atoms with Crippen molar-refractivity contribution >= 4 is 33.2 Å². The Labute approximate surface area is 165 Å². The lowest BCUT2D eigenvalue weighted by Gasteiger charge is -2.13. The lowest BCUT2D eigenvalue weighted by atomic mass is 10.1. The Balaban J connectivity index is 1.84. The van der Waals surface area contributed by atoms with Gasteiger partial charge in [-0.2, -0.15) is 0 Å². The largest absolute Gasteiger partial charge is 0.497 e. The van der Waals surface area contributed by atoms with Gasteiger partial charge in [0.25, 0.3) is 0 Å². The number of methoxy groups -OCH3 is 2. The molecule has 0 fully saturated rings. The van der Waals surface area contributed by atoms with E-state index >= 15 is 0 Å². The number of esters is 1. The Kier molecular flexibility index (Phi) is 6.06. The Bertz CT molecular complexity index is 1010. The molecule has 0 unspecified atom stereocenters. The molecule has 1 aromatic heterocycles. The topological polar surface area (TPSA) is 61.8 Å². The van der Waals surface area contributed by atoms with Crippen LogP contribution in [0.3, 0.4) is 0 Å². The summed E-state index contributed by atoms with van der Waals surface area (Å²) in [7, 11) is 3.00. The normalized spacial score (nSPS) is 12.0. The number of thiophene rings is 1. The first-order chi connectivity index (χ1) is 13.5. The second-order valence-corrected chi connectivity index (χ2v) is 7.15. The zero-order valence-corrected chi connectivity index (χ0v) is 16.5. The van der Waals surface area contributed by atoms with Gasteiger partial charge < -0.3 is 14.2 Å². The van der Waals surface area contributed by atoms with Gasteiger partial charge in [-0.3, -0.25) is 4.79 Å². The van der Waals surface area contributed by atoms with E-state index in [1.165, 1.54) is 27.2 Å². The molecule has 0 spiro atoms. The summed E-state index contributed by atoms with van der Waals surface area (Å²) in [5.74, 6) is -0.821. The molecule has 3 rings (SSSR count). The molecule has 0 amide bonds. The minimum atomic E-state index is -0.994. The van der Waals surface area contributed by atoms with Crippen LogP contribution in [0, 0.1) is 5.82 Å². The van der Waals surface area contributed by atoms with Crippen LogP contribution in [0.5, 0.6) is 5.75 Å². The fourth-order valence-electron chi connectivity index (χ4n) is 2.87. The third-order valence-corrected chi connectivity index (χ3v) is 5.44. The SMILES string of the molecule is COCc1c(C(=O)O[C@H](C)C(=O)c2ccc(OC)cc2)sc2cccc(F)c12. The fraction of sp³-hybridized carbons (Fsp3) is 0.238. The van der Waals surface area contributed by atoms with E-state index in [9.17, 15) is 14.0 Å². The van der Waals surface area contributed by atoms with Crippen molar-refractivity contribution in [1.82, 2.24) is 0 Å². The van der Waals surface area contributed by atoms with Gasteiger partial charge >= 0.3 is 5.97 Å². The van der Waals surface area contributed by atoms with Crippen molar-refractivity contribution in [3.05, 3.63) is 64.3 Å². The number of ketones is 1. The van der Waals surface area contributed by atoms with E-state index in [0.717, 1.165) is 11.3 Å². The van der Waals surface area contributed by atoms with E-state index in [0.29, 0.717) is 27.0 Å². The molecule has 0 bridgehead atoms. The molecule has 0 N–H and O–H groups in total. The lowest BCUT2D eigenvalue weighted by Crippen LogP contribution is -2.24. The summed E-state index contributed by atoms with van der Waals surface area (Å²) in [5.41, 5.74) is 0.829.